The molecule has 1 aliphatic rings. The summed E-state index contributed by atoms with van der Waals surface area (Å²) in [6, 6.07) is 6.06. The number of benzene rings is 1. The molecule has 1 saturated heterocycles. The summed E-state index contributed by atoms with van der Waals surface area (Å²) in [6.07, 6.45) is 2.44. The second-order valence-corrected chi connectivity index (χ2v) is 5.73. The minimum Gasteiger partial charge on any atom is -0.384 e. The standard InChI is InChI=1S/C16H25N3O/c1-12-9-14(16(17)18)3-4-15(12)10-19-7-5-13(6-8-19)11-20-2/h3-4,9,13H,5-8,10-11H2,1-2H3,(H3,17,18). The minimum atomic E-state index is 0.139. The molecule has 4 heteroatoms. The predicted octanol–water partition coefficient (Wildman–Crippen LogP) is 2.14. The first kappa shape index (κ1) is 15.0. The highest BCUT2D eigenvalue weighted by Crippen LogP contribution is 2.20. The van der Waals surface area contributed by atoms with Gasteiger partial charge >= 0.3 is 0 Å². The first-order valence-corrected chi connectivity index (χ1v) is 7.25. The maximum absolute atomic E-state index is 7.47. The van der Waals surface area contributed by atoms with Gasteiger partial charge in [0, 0.05) is 25.8 Å². The Kier molecular flexibility index (Phi) is 5.15. The summed E-state index contributed by atoms with van der Waals surface area (Å²) in [5, 5.41) is 7.47. The van der Waals surface area contributed by atoms with Gasteiger partial charge in [-0.15, -0.1) is 0 Å². The molecule has 0 unspecified atom stereocenters. The molecule has 2 rings (SSSR count). The Morgan fingerprint density at radius 1 is 1.40 bits per heavy atom. The van der Waals surface area contributed by atoms with Gasteiger partial charge in [0.25, 0.3) is 0 Å². The summed E-state index contributed by atoms with van der Waals surface area (Å²) in [5.41, 5.74) is 8.88. The molecule has 1 aromatic carbocycles. The molecule has 0 atom stereocenters. The van der Waals surface area contributed by atoms with E-state index in [1.165, 1.54) is 24.0 Å². The molecular weight excluding hydrogens is 250 g/mol. The van der Waals surface area contributed by atoms with Crippen molar-refractivity contribution in [2.45, 2.75) is 26.3 Å². The van der Waals surface area contributed by atoms with Gasteiger partial charge in [0.15, 0.2) is 0 Å². The van der Waals surface area contributed by atoms with E-state index >= 15 is 0 Å². The summed E-state index contributed by atoms with van der Waals surface area (Å²) < 4.78 is 5.24. The fraction of sp³-hybridized carbons (Fsp3) is 0.562. The largest absolute Gasteiger partial charge is 0.384 e. The lowest BCUT2D eigenvalue weighted by Crippen LogP contribution is -2.34. The number of aryl methyl sites for hydroxylation is 1. The van der Waals surface area contributed by atoms with Crippen molar-refractivity contribution in [1.82, 2.24) is 4.90 Å². The van der Waals surface area contributed by atoms with Crippen LogP contribution >= 0.6 is 0 Å². The van der Waals surface area contributed by atoms with Crippen LogP contribution in [0.5, 0.6) is 0 Å². The fourth-order valence-electron chi connectivity index (χ4n) is 2.83. The van der Waals surface area contributed by atoms with E-state index in [1.54, 1.807) is 7.11 Å². The third-order valence-corrected chi connectivity index (χ3v) is 4.16. The van der Waals surface area contributed by atoms with Gasteiger partial charge in [0.05, 0.1) is 0 Å². The number of rotatable bonds is 5. The lowest BCUT2D eigenvalue weighted by Gasteiger charge is -2.32. The number of nitrogen functional groups attached to an aromatic ring is 1. The maximum Gasteiger partial charge on any atom is 0.122 e. The first-order chi connectivity index (χ1) is 9.60. The monoisotopic (exact) mass is 275 g/mol. The smallest absolute Gasteiger partial charge is 0.122 e. The molecule has 0 aromatic heterocycles. The Morgan fingerprint density at radius 2 is 2.10 bits per heavy atom. The van der Waals surface area contributed by atoms with Gasteiger partial charge in [0.2, 0.25) is 0 Å². The Balaban J connectivity index is 1.93. The molecule has 1 fully saturated rings. The number of likely N-dealkylation sites (tertiary alicyclic amines) is 1. The van der Waals surface area contributed by atoms with Gasteiger partial charge in [0.1, 0.15) is 5.84 Å². The zero-order valence-corrected chi connectivity index (χ0v) is 12.5. The zero-order chi connectivity index (χ0) is 14.5. The Bertz CT molecular complexity index is 465. The van der Waals surface area contributed by atoms with Gasteiger partial charge in [-0.25, -0.2) is 0 Å². The molecule has 0 bridgehead atoms. The number of piperidine rings is 1. The highest BCUT2D eigenvalue weighted by molar-refractivity contribution is 5.95. The third-order valence-electron chi connectivity index (χ3n) is 4.16. The van der Waals surface area contributed by atoms with Crippen molar-refractivity contribution in [3.63, 3.8) is 0 Å². The average Bonchev–Trinajstić information content (AvgIpc) is 2.43. The Hall–Kier alpha value is -1.39. The van der Waals surface area contributed by atoms with Crippen LogP contribution in [0.4, 0.5) is 0 Å². The van der Waals surface area contributed by atoms with Crippen molar-refractivity contribution in [2.24, 2.45) is 11.7 Å². The molecule has 20 heavy (non-hydrogen) atoms. The van der Waals surface area contributed by atoms with Crippen molar-refractivity contribution in [1.29, 1.82) is 5.41 Å². The van der Waals surface area contributed by atoms with Crippen molar-refractivity contribution < 1.29 is 4.74 Å². The molecule has 1 aromatic rings. The van der Waals surface area contributed by atoms with E-state index in [0.29, 0.717) is 0 Å². The van der Waals surface area contributed by atoms with E-state index in [2.05, 4.69) is 17.9 Å². The van der Waals surface area contributed by atoms with Crippen LogP contribution in [0.1, 0.15) is 29.5 Å². The SMILES string of the molecule is COCC1CCN(Cc2ccc(C(=N)N)cc2C)CC1. The molecule has 110 valence electrons. The highest BCUT2D eigenvalue weighted by atomic mass is 16.5. The normalized spacial score (nSPS) is 17.3. The molecule has 0 aliphatic carbocycles. The second-order valence-electron chi connectivity index (χ2n) is 5.73. The Labute approximate surface area is 121 Å². The molecule has 0 saturated carbocycles. The number of nitrogens with zero attached hydrogens (tertiary/aromatic N) is 1. The van der Waals surface area contributed by atoms with Crippen molar-refractivity contribution in [2.75, 3.05) is 26.8 Å². The maximum atomic E-state index is 7.47. The van der Waals surface area contributed by atoms with Crippen LogP contribution in [0.2, 0.25) is 0 Å². The summed E-state index contributed by atoms with van der Waals surface area (Å²) >= 11 is 0. The van der Waals surface area contributed by atoms with Crippen molar-refractivity contribution >= 4 is 5.84 Å². The number of amidine groups is 1. The van der Waals surface area contributed by atoms with E-state index in [1.807, 2.05) is 12.1 Å². The molecule has 4 nitrogen and oxygen atoms in total. The lowest BCUT2D eigenvalue weighted by molar-refractivity contribution is 0.0967. The molecule has 3 N–H and O–H groups in total. The molecule has 1 heterocycles. The van der Waals surface area contributed by atoms with Gasteiger partial charge < -0.3 is 10.5 Å². The number of methoxy groups -OCH3 is 1. The average molecular weight is 275 g/mol. The quantitative estimate of drug-likeness (QED) is 0.639. The number of nitrogens with one attached hydrogen (secondary N) is 1. The predicted molar refractivity (Wildman–Crippen MR) is 82.1 cm³/mol. The third kappa shape index (κ3) is 3.81. The molecule has 0 spiro atoms. The van der Waals surface area contributed by atoms with E-state index in [0.717, 1.165) is 37.7 Å². The molecule has 0 amide bonds. The van der Waals surface area contributed by atoms with Crippen LogP contribution in [0.15, 0.2) is 18.2 Å². The first-order valence-electron chi connectivity index (χ1n) is 7.25. The minimum absolute atomic E-state index is 0.139. The summed E-state index contributed by atoms with van der Waals surface area (Å²) in [7, 11) is 1.78. The highest BCUT2D eigenvalue weighted by Gasteiger charge is 2.19. The van der Waals surface area contributed by atoms with Gasteiger partial charge in [-0.05, 0) is 56.0 Å². The van der Waals surface area contributed by atoms with Gasteiger partial charge in [-0.3, -0.25) is 10.3 Å². The molecule has 1 aliphatic heterocycles. The van der Waals surface area contributed by atoms with E-state index < -0.39 is 0 Å². The summed E-state index contributed by atoms with van der Waals surface area (Å²) in [5.74, 6) is 0.859. The van der Waals surface area contributed by atoms with Crippen molar-refractivity contribution in [3.8, 4) is 0 Å². The van der Waals surface area contributed by atoms with E-state index in [4.69, 9.17) is 15.9 Å². The van der Waals surface area contributed by atoms with Crippen molar-refractivity contribution in [3.05, 3.63) is 34.9 Å². The fourth-order valence-corrected chi connectivity index (χ4v) is 2.83. The topological polar surface area (TPSA) is 62.3 Å². The van der Waals surface area contributed by atoms with Crippen LogP contribution in [-0.4, -0.2) is 37.5 Å². The number of nitrogens with two attached hydrogens (primary N) is 1. The van der Waals surface area contributed by atoms with Crippen LogP contribution in [0.25, 0.3) is 0 Å². The summed E-state index contributed by atoms with van der Waals surface area (Å²) in [4.78, 5) is 2.50. The second kappa shape index (κ2) is 6.86. The molecule has 0 radical (unpaired) electrons. The van der Waals surface area contributed by atoms with Gasteiger partial charge in [-0.2, -0.15) is 0 Å². The van der Waals surface area contributed by atoms with Crippen LogP contribution in [-0.2, 0) is 11.3 Å². The van der Waals surface area contributed by atoms with Crippen LogP contribution < -0.4 is 5.73 Å². The Morgan fingerprint density at radius 3 is 2.65 bits per heavy atom. The number of hydrogen-bond donors (Lipinski definition) is 2. The molecular formula is C16H25N3O. The van der Waals surface area contributed by atoms with Gasteiger partial charge in [-0.1, -0.05) is 12.1 Å². The van der Waals surface area contributed by atoms with Crippen LogP contribution in [0.3, 0.4) is 0 Å². The number of hydrogen-bond acceptors (Lipinski definition) is 3. The lowest BCUT2D eigenvalue weighted by atomic mass is 9.96. The summed E-state index contributed by atoms with van der Waals surface area (Å²) in [6.45, 7) is 6.26. The van der Waals surface area contributed by atoms with E-state index in [9.17, 15) is 0 Å². The number of ether oxygens (including phenoxy) is 1. The van der Waals surface area contributed by atoms with E-state index in [-0.39, 0.29) is 5.84 Å². The zero-order valence-electron chi connectivity index (χ0n) is 12.5. The van der Waals surface area contributed by atoms with Crippen LogP contribution in [0, 0.1) is 18.3 Å².